The Balaban J connectivity index is 1.85. The summed E-state index contributed by atoms with van der Waals surface area (Å²) >= 11 is 0. The number of aliphatic hydroxyl groups is 1. The molecule has 0 radical (unpaired) electrons. The Kier molecular flexibility index (Phi) is 5.46. The van der Waals surface area contributed by atoms with Gasteiger partial charge in [0.1, 0.15) is 18.5 Å². The van der Waals surface area contributed by atoms with Crippen molar-refractivity contribution in [1.29, 1.82) is 0 Å². The van der Waals surface area contributed by atoms with E-state index in [0.29, 0.717) is 10.8 Å². The van der Waals surface area contributed by atoms with Crippen LogP contribution in [0, 0.1) is 20.8 Å². The first-order chi connectivity index (χ1) is 13.3. The highest BCUT2D eigenvalue weighted by atomic mass is 16.5. The van der Waals surface area contributed by atoms with Crippen molar-refractivity contribution >= 4 is 16.7 Å². The third-order valence-corrected chi connectivity index (χ3v) is 4.78. The Morgan fingerprint density at radius 2 is 1.79 bits per heavy atom. The summed E-state index contributed by atoms with van der Waals surface area (Å²) in [5.41, 5.74) is 8.06. The fourth-order valence-electron chi connectivity index (χ4n) is 3.12. The summed E-state index contributed by atoms with van der Waals surface area (Å²) in [6.07, 6.45) is -0.994. The lowest BCUT2D eigenvalue weighted by Crippen LogP contribution is -2.34. The first-order valence-electron chi connectivity index (χ1n) is 8.97. The second-order valence-corrected chi connectivity index (χ2v) is 6.86. The van der Waals surface area contributed by atoms with Gasteiger partial charge in [0, 0.05) is 5.39 Å². The maximum Gasteiger partial charge on any atom is 0.274 e. The van der Waals surface area contributed by atoms with Crippen molar-refractivity contribution < 1.29 is 14.6 Å². The molecular formula is C21H23N3O4. The van der Waals surface area contributed by atoms with Crippen molar-refractivity contribution in [3.05, 3.63) is 69.1 Å². The molecule has 28 heavy (non-hydrogen) atoms. The highest BCUT2D eigenvalue weighted by Gasteiger charge is 2.17. The molecule has 146 valence electrons. The number of carbonyl (C=O) groups excluding carboxylic acids is 1. The molecule has 3 rings (SSSR count). The molecule has 0 unspecified atom stereocenters. The molecule has 0 aliphatic carbocycles. The van der Waals surface area contributed by atoms with Crippen LogP contribution in [0.4, 0.5) is 0 Å². The van der Waals surface area contributed by atoms with Crippen LogP contribution >= 0.6 is 0 Å². The second kappa shape index (κ2) is 7.82. The molecule has 0 aliphatic rings. The Morgan fingerprint density at radius 3 is 2.46 bits per heavy atom. The van der Waals surface area contributed by atoms with Crippen LogP contribution in [0.3, 0.4) is 0 Å². The number of hydrogen-bond acceptors (Lipinski definition) is 5. The number of hydrogen-bond donors (Lipinski definition) is 2. The van der Waals surface area contributed by atoms with Crippen LogP contribution < -0.4 is 16.0 Å². The Hall–Kier alpha value is -3.19. The predicted molar refractivity (Wildman–Crippen MR) is 107 cm³/mol. The number of nitrogens with two attached hydrogens (primary N) is 1. The molecule has 1 aromatic heterocycles. The maximum absolute atomic E-state index is 12.7. The van der Waals surface area contributed by atoms with Gasteiger partial charge in [0.2, 0.25) is 0 Å². The summed E-state index contributed by atoms with van der Waals surface area (Å²) in [4.78, 5) is 24.4. The lowest BCUT2D eigenvalue weighted by Gasteiger charge is -2.17. The summed E-state index contributed by atoms with van der Waals surface area (Å²) in [5, 5.41) is 15.2. The van der Waals surface area contributed by atoms with E-state index >= 15 is 0 Å². The number of benzene rings is 2. The SMILES string of the molecule is Cc1ccc(C)c(OC[C@@H](O)Cn2nc(C(N)=O)c3ccccc3c2=O)c1C. The topological polar surface area (TPSA) is 107 Å². The van der Waals surface area contributed by atoms with E-state index in [1.807, 2.05) is 32.9 Å². The number of primary amides is 1. The zero-order chi connectivity index (χ0) is 20.4. The Bertz CT molecular complexity index is 1100. The molecule has 3 aromatic rings. The molecule has 0 saturated carbocycles. The number of aromatic nitrogens is 2. The van der Waals surface area contributed by atoms with Crippen LogP contribution in [0.2, 0.25) is 0 Å². The Labute approximate surface area is 162 Å². The van der Waals surface area contributed by atoms with E-state index in [2.05, 4.69) is 5.10 Å². The molecule has 0 fully saturated rings. The summed E-state index contributed by atoms with van der Waals surface area (Å²) in [6.45, 7) is 5.75. The van der Waals surface area contributed by atoms with Gasteiger partial charge in [-0.15, -0.1) is 0 Å². The van der Waals surface area contributed by atoms with E-state index < -0.39 is 17.6 Å². The van der Waals surface area contributed by atoms with Gasteiger partial charge in [-0.3, -0.25) is 9.59 Å². The van der Waals surface area contributed by atoms with Gasteiger partial charge in [-0.05, 0) is 43.5 Å². The van der Waals surface area contributed by atoms with Gasteiger partial charge in [-0.2, -0.15) is 5.10 Å². The molecule has 1 atom stereocenters. The van der Waals surface area contributed by atoms with Gasteiger partial charge in [-0.1, -0.05) is 30.3 Å². The van der Waals surface area contributed by atoms with Crippen molar-refractivity contribution in [2.75, 3.05) is 6.61 Å². The molecule has 7 nitrogen and oxygen atoms in total. The molecular weight excluding hydrogens is 358 g/mol. The minimum atomic E-state index is -0.994. The lowest BCUT2D eigenvalue weighted by molar-refractivity contribution is 0.0865. The average Bonchev–Trinajstić information content (AvgIpc) is 2.67. The minimum absolute atomic E-state index is 0.00584. The third kappa shape index (κ3) is 3.75. The number of ether oxygens (including phenoxy) is 1. The average molecular weight is 381 g/mol. The van der Waals surface area contributed by atoms with Crippen molar-refractivity contribution in [3.8, 4) is 5.75 Å². The number of amides is 1. The fraction of sp³-hybridized carbons (Fsp3) is 0.286. The van der Waals surface area contributed by atoms with Gasteiger partial charge in [-0.25, -0.2) is 4.68 Å². The van der Waals surface area contributed by atoms with Crippen LogP contribution in [0.15, 0.2) is 41.2 Å². The number of fused-ring (bicyclic) bond motifs is 1. The summed E-state index contributed by atoms with van der Waals surface area (Å²) in [5.74, 6) is -0.0163. The number of aryl methyl sites for hydroxylation is 2. The van der Waals surface area contributed by atoms with E-state index in [1.165, 1.54) is 0 Å². The van der Waals surface area contributed by atoms with Crippen molar-refractivity contribution in [3.63, 3.8) is 0 Å². The molecule has 1 heterocycles. The lowest BCUT2D eigenvalue weighted by atomic mass is 10.1. The van der Waals surface area contributed by atoms with E-state index in [-0.39, 0.29) is 18.8 Å². The monoisotopic (exact) mass is 381 g/mol. The molecule has 0 spiro atoms. The number of rotatable bonds is 6. The minimum Gasteiger partial charge on any atom is -0.490 e. The van der Waals surface area contributed by atoms with Gasteiger partial charge in [0.25, 0.3) is 11.5 Å². The molecule has 2 aromatic carbocycles. The quantitative estimate of drug-likeness (QED) is 0.678. The number of aliphatic hydroxyl groups excluding tert-OH is 1. The standard InChI is InChI=1S/C21H23N3O4/c1-12-8-9-13(2)19(14(12)3)28-11-15(25)10-24-21(27)17-7-5-4-6-16(17)18(23-24)20(22)26/h4-9,15,25H,10-11H2,1-3H3,(H2,22,26)/t15-/m0/s1. The highest BCUT2D eigenvalue weighted by Crippen LogP contribution is 2.25. The summed E-state index contributed by atoms with van der Waals surface area (Å²) in [6, 6.07) is 10.6. The van der Waals surface area contributed by atoms with Crippen LogP contribution in [0.5, 0.6) is 5.75 Å². The number of carbonyl (C=O) groups is 1. The zero-order valence-electron chi connectivity index (χ0n) is 16.1. The van der Waals surface area contributed by atoms with Crippen LogP contribution in [0.25, 0.3) is 10.8 Å². The van der Waals surface area contributed by atoms with E-state index in [9.17, 15) is 14.7 Å². The number of nitrogens with zero attached hydrogens (tertiary/aromatic N) is 2. The van der Waals surface area contributed by atoms with E-state index in [4.69, 9.17) is 10.5 Å². The van der Waals surface area contributed by atoms with Crippen molar-refractivity contribution in [1.82, 2.24) is 9.78 Å². The third-order valence-electron chi connectivity index (χ3n) is 4.78. The van der Waals surface area contributed by atoms with Gasteiger partial charge < -0.3 is 15.6 Å². The summed E-state index contributed by atoms with van der Waals surface area (Å²) in [7, 11) is 0. The van der Waals surface area contributed by atoms with E-state index in [0.717, 1.165) is 27.1 Å². The molecule has 1 amide bonds. The highest BCUT2D eigenvalue weighted by molar-refractivity contribution is 6.03. The van der Waals surface area contributed by atoms with Gasteiger partial charge >= 0.3 is 0 Å². The smallest absolute Gasteiger partial charge is 0.274 e. The fourth-order valence-corrected chi connectivity index (χ4v) is 3.12. The van der Waals surface area contributed by atoms with E-state index in [1.54, 1.807) is 24.3 Å². The summed E-state index contributed by atoms with van der Waals surface area (Å²) < 4.78 is 6.86. The predicted octanol–water partition coefficient (Wildman–Crippen LogP) is 1.86. The maximum atomic E-state index is 12.7. The molecule has 7 heteroatoms. The molecule has 0 aliphatic heterocycles. The van der Waals surface area contributed by atoms with Crippen molar-refractivity contribution in [2.24, 2.45) is 5.73 Å². The van der Waals surface area contributed by atoms with Gasteiger partial charge in [0.15, 0.2) is 5.69 Å². The first-order valence-corrected chi connectivity index (χ1v) is 8.97. The van der Waals surface area contributed by atoms with Crippen LogP contribution in [-0.2, 0) is 6.54 Å². The van der Waals surface area contributed by atoms with Crippen LogP contribution in [-0.4, -0.2) is 33.5 Å². The molecule has 3 N–H and O–H groups in total. The largest absolute Gasteiger partial charge is 0.490 e. The molecule has 0 bridgehead atoms. The molecule has 0 saturated heterocycles. The first kappa shape index (κ1) is 19.6. The van der Waals surface area contributed by atoms with Gasteiger partial charge in [0.05, 0.1) is 11.9 Å². The van der Waals surface area contributed by atoms with Crippen molar-refractivity contribution in [2.45, 2.75) is 33.4 Å². The van der Waals surface area contributed by atoms with Crippen LogP contribution in [0.1, 0.15) is 27.2 Å². The Morgan fingerprint density at radius 1 is 1.14 bits per heavy atom. The second-order valence-electron chi connectivity index (χ2n) is 6.86. The normalized spacial score (nSPS) is 12.1. The zero-order valence-corrected chi connectivity index (χ0v) is 16.1.